The molecule has 0 spiro atoms. The first-order valence-corrected chi connectivity index (χ1v) is 6.64. The van der Waals surface area contributed by atoms with Gasteiger partial charge < -0.3 is 10.3 Å². The first kappa shape index (κ1) is 11.3. The number of carbonyl (C=O) groups is 1. The van der Waals surface area contributed by atoms with Crippen LogP contribution in [0, 0.1) is 5.92 Å². The molecule has 2 N–H and O–H groups in total. The zero-order chi connectivity index (χ0) is 12.4. The summed E-state index contributed by atoms with van der Waals surface area (Å²) in [6, 6.07) is 8.22. The zero-order valence-electron chi connectivity index (χ0n) is 10.4. The van der Waals surface area contributed by atoms with Crippen molar-refractivity contribution in [3.8, 4) is 0 Å². The lowest BCUT2D eigenvalue weighted by atomic mass is 10.1. The molecular formula is C15H18N2O. The Kier molecular flexibility index (Phi) is 3.05. The molecule has 1 aromatic heterocycles. The van der Waals surface area contributed by atoms with Crippen molar-refractivity contribution in [2.24, 2.45) is 5.92 Å². The average molecular weight is 242 g/mol. The Morgan fingerprint density at radius 3 is 3.00 bits per heavy atom. The van der Waals surface area contributed by atoms with Gasteiger partial charge in [-0.15, -0.1) is 0 Å². The van der Waals surface area contributed by atoms with E-state index in [9.17, 15) is 4.79 Å². The number of rotatable bonds is 5. The first-order valence-electron chi connectivity index (χ1n) is 6.64. The summed E-state index contributed by atoms with van der Waals surface area (Å²) in [6.45, 7) is 0.868. The summed E-state index contributed by atoms with van der Waals surface area (Å²) in [5, 5.41) is 4.24. The highest BCUT2D eigenvalue weighted by Gasteiger charge is 2.21. The molecule has 0 saturated heterocycles. The SMILES string of the molecule is O=C(CCc1c[nH]c2ccccc12)NCC1CC1. The van der Waals surface area contributed by atoms with Gasteiger partial charge in [-0.05, 0) is 36.8 Å². The molecule has 18 heavy (non-hydrogen) atoms. The van der Waals surface area contributed by atoms with Crippen molar-refractivity contribution >= 4 is 16.8 Å². The number of H-pyrrole nitrogens is 1. The maximum absolute atomic E-state index is 11.7. The number of hydrogen-bond donors (Lipinski definition) is 2. The molecule has 3 nitrogen and oxygen atoms in total. The number of aromatic amines is 1. The van der Waals surface area contributed by atoms with Crippen LogP contribution in [0.15, 0.2) is 30.5 Å². The van der Waals surface area contributed by atoms with Gasteiger partial charge in [-0.2, -0.15) is 0 Å². The summed E-state index contributed by atoms with van der Waals surface area (Å²) in [5.74, 6) is 0.925. The Bertz CT molecular complexity index is 554. The van der Waals surface area contributed by atoms with E-state index in [-0.39, 0.29) is 5.91 Å². The Morgan fingerprint density at radius 2 is 2.17 bits per heavy atom. The van der Waals surface area contributed by atoms with E-state index in [1.54, 1.807) is 0 Å². The fourth-order valence-corrected chi connectivity index (χ4v) is 2.26. The minimum absolute atomic E-state index is 0.173. The van der Waals surface area contributed by atoms with Gasteiger partial charge in [-0.3, -0.25) is 4.79 Å². The maximum atomic E-state index is 11.7. The first-order chi connectivity index (χ1) is 8.83. The number of hydrogen-bond acceptors (Lipinski definition) is 1. The number of fused-ring (bicyclic) bond motifs is 1. The molecule has 94 valence electrons. The quantitative estimate of drug-likeness (QED) is 0.831. The lowest BCUT2D eigenvalue weighted by molar-refractivity contribution is -0.121. The van der Waals surface area contributed by atoms with Crippen molar-refractivity contribution in [3.05, 3.63) is 36.0 Å². The van der Waals surface area contributed by atoms with Crippen molar-refractivity contribution in [1.82, 2.24) is 10.3 Å². The number of nitrogens with one attached hydrogen (secondary N) is 2. The number of aryl methyl sites for hydroxylation is 1. The van der Waals surface area contributed by atoms with Gasteiger partial charge in [-0.25, -0.2) is 0 Å². The summed E-state index contributed by atoms with van der Waals surface area (Å²) in [4.78, 5) is 14.9. The standard InChI is InChI=1S/C15H18N2O/c18-15(17-9-11-5-6-11)8-7-12-10-16-14-4-2-1-3-13(12)14/h1-4,10-11,16H,5-9H2,(H,17,18). The fraction of sp³-hybridized carbons (Fsp3) is 0.400. The molecule has 1 heterocycles. The van der Waals surface area contributed by atoms with Crippen LogP contribution in [0.2, 0.25) is 0 Å². The minimum Gasteiger partial charge on any atom is -0.361 e. The molecule has 1 saturated carbocycles. The van der Waals surface area contributed by atoms with E-state index in [1.165, 1.54) is 23.8 Å². The highest BCUT2D eigenvalue weighted by Crippen LogP contribution is 2.27. The third-order valence-electron chi connectivity index (χ3n) is 3.58. The van der Waals surface area contributed by atoms with E-state index in [1.807, 2.05) is 18.3 Å². The molecule has 1 aromatic carbocycles. The third-order valence-corrected chi connectivity index (χ3v) is 3.58. The topological polar surface area (TPSA) is 44.9 Å². The van der Waals surface area contributed by atoms with Crippen LogP contribution in [0.1, 0.15) is 24.8 Å². The van der Waals surface area contributed by atoms with E-state index in [2.05, 4.69) is 22.4 Å². The number of aromatic nitrogens is 1. The normalized spacial score (nSPS) is 14.9. The highest BCUT2D eigenvalue weighted by molar-refractivity contribution is 5.84. The molecule has 0 bridgehead atoms. The number of benzene rings is 1. The lowest BCUT2D eigenvalue weighted by Gasteiger charge is -2.03. The van der Waals surface area contributed by atoms with E-state index >= 15 is 0 Å². The number of amides is 1. The van der Waals surface area contributed by atoms with Crippen LogP contribution in [0.5, 0.6) is 0 Å². The van der Waals surface area contributed by atoms with Gasteiger partial charge in [0, 0.05) is 30.1 Å². The van der Waals surface area contributed by atoms with Crippen molar-refractivity contribution in [3.63, 3.8) is 0 Å². The lowest BCUT2D eigenvalue weighted by Crippen LogP contribution is -2.25. The van der Waals surface area contributed by atoms with Crippen molar-refractivity contribution in [2.45, 2.75) is 25.7 Å². The monoisotopic (exact) mass is 242 g/mol. The molecule has 0 unspecified atom stereocenters. The Morgan fingerprint density at radius 1 is 1.33 bits per heavy atom. The van der Waals surface area contributed by atoms with Gasteiger partial charge in [0.05, 0.1) is 0 Å². The number of para-hydroxylation sites is 1. The van der Waals surface area contributed by atoms with E-state index in [4.69, 9.17) is 0 Å². The summed E-state index contributed by atoms with van der Waals surface area (Å²) < 4.78 is 0. The zero-order valence-corrected chi connectivity index (χ0v) is 10.4. The molecule has 1 aliphatic carbocycles. The molecule has 0 atom stereocenters. The van der Waals surface area contributed by atoms with Crippen LogP contribution >= 0.6 is 0 Å². The minimum atomic E-state index is 0.173. The summed E-state index contributed by atoms with van der Waals surface area (Å²) >= 11 is 0. The van der Waals surface area contributed by atoms with Crippen LogP contribution in [0.25, 0.3) is 10.9 Å². The molecule has 1 aliphatic rings. The maximum Gasteiger partial charge on any atom is 0.220 e. The van der Waals surface area contributed by atoms with Crippen LogP contribution < -0.4 is 5.32 Å². The van der Waals surface area contributed by atoms with Crippen LogP contribution in [-0.2, 0) is 11.2 Å². The predicted molar refractivity (Wildman–Crippen MR) is 72.4 cm³/mol. The molecule has 2 aromatic rings. The Labute approximate surface area is 107 Å². The van der Waals surface area contributed by atoms with Crippen molar-refractivity contribution < 1.29 is 4.79 Å². The third kappa shape index (κ3) is 2.55. The Balaban J connectivity index is 1.57. The summed E-state index contributed by atoms with van der Waals surface area (Å²) in [7, 11) is 0. The molecule has 3 heteroatoms. The van der Waals surface area contributed by atoms with Gasteiger partial charge in [0.2, 0.25) is 5.91 Å². The van der Waals surface area contributed by atoms with Crippen LogP contribution in [-0.4, -0.2) is 17.4 Å². The van der Waals surface area contributed by atoms with E-state index in [0.29, 0.717) is 6.42 Å². The second-order valence-corrected chi connectivity index (χ2v) is 5.11. The molecule has 0 radical (unpaired) electrons. The van der Waals surface area contributed by atoms with Crippen LogP contribution in [0.4, 0.5) is 0 Å². The van der Waals surface area contributed by atoms with Crippen molar-refractivity contribution in [2.75, 3.05) is 6.54 Å². The molecule has 1 amide bonds. The summed E-state index contributed by atoms with van der Waals surface area (Å²) in [6.07, 6.45) is 5.96. The predicted octanol–water partition coefficient (Wildman–Crippen LogP) is 2.63. The number of carbonyl (C=O) groups excluding carboxylic acids is 1. The van der Waals surface area contributed by atoms with Crippen LogP contribution in [0.3, 0.4) is 0 Å². The highest BCUT2D eigenvalue weighted by atomic mass is 16.1. The second kappa shape index (κ2) is 4.84. The second-order valence-electron chi connectivity index (χ2n) is 5.11. The van der Waals surface area contributed by atoms with Gasteiger partial charge in [0.25, 0.3) is 0 Å². The van der Waals surface area contributed by atoms with Gasteiger partial charge in [0.1, 0.15) is 0 Å². The van der Waals surface area contributed by atoms with Crippen molar-refractivity contribution in [1.29, 1.82) is 0 Å². The van der Waals surface area contributed by atoms with Gasteiger partial charge in [-0.1, -0.05) is 18.2 Å². The van der Waals surface area contributed by atoms with E-state index in [0.717, 1.165) is 24.4 Å². The fourth-order valence-electron chi connectivity index (χ4n) is 2.26. The van der Waals surface area contributed by atoms with E-state index < -0.39 is 0 Å². The molecular weight excluding hydrogens is 224 g/mol. The Hall–Kier alpha value is -1.77. The molecule has 1 fully saturated rings. The smallest absolute Gasteiger partial charge is 0.220 e. The average Bonchev–Trinajstić information content (AvgIpc) is 3.14. The molecule has 0 aliphatic heterocycles. The largest absolute Gasteiger partial charge is 0.361 e. The van der Waals surface area contributed by atoms with Gasteiger partial charge >= 0.3 is 0 Å². The van der Waals surface area contributed by atoms with Gasteiger partial charge in [0.15, 0.2) is 0 Å². The molecule has 3 rings (SSSR count). The summed E-state index contributed by atoms with van der Waals surface area (Å²) in [5.41, 5.74) is 2.37.